The number of fused-ring (bicyclic) bond motifs is 1. The van der Waals surface area contributed by atoms with Crippen molar-refractivity contribution in [2.24, 2.45) is 0 Å². The smallest absolute Gasteiger partial charge is 0.356 e. The Morgan fingerprint density at radius 1 is 0.933 bits per heavy atom. The van der Waals surface area contributed by atoms with Crippen molar-refractivity contribution in [2.45, 2.75) is 27.7 Å². The third-order valence-corrected chi connectivity index (χ3v) is 5.30. The standard InChI is InChI=1S/C24H24N4O2/c1-14-9-6-7-12-18(14)25-20-13-19(24(29)30-5)26-23-22(17(4)27-28(20)23)21-15(2)10-8-11-16(21)3/h6-13,25H,1-5H3. The third-order valence-electron chi connectivity index (χ3n) is 5.30. The molecular weight excluding hydrogens is 376 g/mol. The van der Waals surface area contributed by atoms with Crippen LogP contribution in [0.25, 0.3) is 16.8 Å². The first-order valence-corrected chi connectivity index (χ1v) is 9.78. The number of carbonyl (C=O) groups excluding carboxylic acids is 1. The van der Waals surface area contributed by atoms with Gasteiger partial charge in [-0.15, -0.1) is 0 Å². The second kappa shape index (κ2) is 7.63. The van der Waals surface area contributed by atoms with E-state index < -0.39 is 5.97 Å². The highest BCUT2D eigenvalue weighted by Gasteiger charge is 2.21. The summed E-state index contributed by atoms with van der Waals surface area (Å²) in [7, 11) is 1.36. The van der Waals surface area contributed by atoms with Crippen molar-refractivity contribution in [1.82, 2.24) is 14.6 Å². The minimum absolute atomic E-state index is 0.230. The Hall–Kier alpha value is -3.67. The van der Waals surface area contributed by atoms with Crippen molar-refractivity contribution in [1.29, 1.82) is 0 Å². The molecule has 0 saturated heterocycles. The molecule has 0 aliphatic heterocycles. The molecule has 6 nitrogen and oxygen atoms in total. The summed E-state index contributed by atoms with van der Waals surface area (Å²) in [4.78, 5) is 17.0. The number of carbonyl (C=O) groups is 1. The zero-order chi connectivity index (χ0) is 21.4. The number of methoxy groups -OCH3 is 1. The molecule has 2 heterocycles. The van der Waals surface area contributed by atoms with Crippen LogP contribution in [0.4, 0.5) is 11.5 Å². The van der Waals surface area contributed by atoms with E-state index in [1.54, 1.807) is 10.6 Å². The number of aryl methyl sites for hydroxylation is 4. The van der Waals surface area contributed by atoms with E-state index in [9.17, 15) is 4.79 Å². The number of esters is 1. The van der Waals surface area contributed by atoms with Gasteiger partial charge in [-0.3, -0.25) is 0 Å². The third kappa shape index (κ3) is 3.30. The van der Waals surface area contributed by atoms with Gasteiger partial charge in [0, 0.05) is 11.8 Å². The van der Waals surface area contributed by atoms with Crippen molar-refractivity contribution in [3.8, 4) is 11.1 Å². The Balaban J connectivity index is 2.01. The average Bonchev–Trinajstić information content (AvgIpc) is 3.05. The summed E-state index contributed by atoms with van der Waals surface area (Å²) >= 11 is 0. The second-order valence-corrected chi connectivity index (χ2v) is 7.42. The van der Waals surface area contributed by atoms with Crippen LogP contribution in [0.15, 0.2) is 48.5 Å². The fraction of sp³-hybridized carbons (Fsp3) is 0.208. The van der Waals surface area contributed by atoms with Crippen LogP contribution in [-0.2, 0) is 4.74 Å². The molecule has 4 aromatic rings. The number of ether oxygens (including phenoxy) is 1. The zero-order valence-electron chi connectivity index (χ0n) is 17.8. The Bertz CT molecular complexity index is 1250. The molecule has 0 bridgehead atoms. The van der Waals surface area contributed by atoms with Crippen LogP contribution < -0.4 is 5.32 Å². The number of para-hydroxylation sites is 1. The molecular formula is C24H24N4O2. The predicted molar refractivity (Wildman–Crippen MR) is 118 cm³/mol. The van der Waals surface area contributed by atoms with Gasteiger partial charge in [-0.25, -0.2) is 9.78 Å². The van der Waals surface area contributed by atoms with Gasteiger partial charge >= 0.3 is 5.97 Å². The van der Waals surface area contributed by atoms with Crippen LogP contribution in [0.5, 0.6) is 0 Å². The van der Waals surface area contributed by atoms with E-state index in [0.717, 1.165) is 39.2 Å². The normalized spacial score (nSPS) is 11.0. The van der Waals surface area contributed by atoms with E-state index in [-0.39, 0.29) is 5.69 Å². The van der Waals surface area contributed by atoms with Gasteiger partial charge in [0.15, 0.2) is 11.3 Å². The van der Waals surface area contributed by atoms with Gasteiger partial charge in [-0.2, -0.15) is 9.61 Å². The van der Waals surface area contributed by atoms with E-state index in [4.69, 9.17) is 9.84 Å². The number of anilines is 2. The van der Waals surface area contributed by atoms with Crippen LogP contribution in [0.3, 0.4) is 0 Å². The molecule has 4 rings (SSSR count). The molecule has 152 valence electrons. The van der Waals surface area contributed by atoms with E-state index >= 15 is 0 Å². The Morgan fingerprint density at radius 2 is 1.60 bits per heavy atom. The monoisotopic (exact) mass is 400 g/mol. The van der Waals surface area contributed by atoms with E-state index in [1.807, 2.05) is 44.2 Å². The molecule has 0 unspecified atom stereocenters. The van der Waals surface area contributed by atoms with Crippen LogP contribution in [-0.4, -0.2) is 27.7 Å². The number of benzene rings is 2. The van der Waals surface area contributed by atoms with Gasteiger partial charge in [0.25, 0.3) is 0 Å². The molecule has 0 saturated carbocycles. The van der Waals surface area contributed by atoms with Crippen molar-refractivity contribution < 1.29 is 9.53 Å². The Labute approximate surface area is 175 Å². The topological polar surface area (TPSA) is 68.5 Å². The molecule has 2 aromatic carbocycles. The second-order valence-electron chi connectivity index (χ2n) is 7.42. The molecule has 0 spiro atoms. The van der Waals surface area contributed by atoms with Gasteiger partial charge in [-0.05, 0) is 56.0 Å². The van der Waals surface area contributed by atoms with Gasteiger partial charge in [-0.1, -0.05) is 36.4 Å². The lowest BCUT2D eigenvalue weighted by molar-refractivity contribution is 0.0594. The molecule has 0 radical (unpaired) electrons. The highest BCUT2D eigenvalue weighted by Crippen LogP contribution is 2.34. The first-order valence-electron chi connectivity index (χ1n) is 9.78. The minimum Gasteiger partial charge on any atom is -0.464 e. The van der Waals surface area contributed by atoms with Crippen molar-refractivity contribution in [3.05, 3.63) is 76.6 Å². The summed E-state index contributed by atoms with van der Waals surface area (Å²) in [6, 6.07) is 15.8. The SMILES string of the molecule is COC(=O)c1cc(Nc2ccccc2C)n2nc(C)c(-c3c(C)cccc3C)c2n1. The van der Waals surface area contributed by atoms with Crippen LogP contribution in [0, 0.1) is 27.7 Å². The van der Waals surface area contributed by atoms with Crippen molar-refractivity contribution >= 4 is 23.1 Å². The quantitative estimate of drug-likeness (QED) is 0.479. The number of hydrogen-bond donors (Lipinski definition) is 1. The lowest BCUT2D eigenvalue weighted by atomic mass is 9.96. The largest absolute Gasteiger partial charge is 0.464 e. The van der Waals surface area contributed by atoms with Gasteiger partial charge in [0.1, 0.15) is 5.82 Å². The molecule has 2 aromatic heterocycles. The average molecular weight is 400 g/mol. The van der Waals surface area contributed by atoms with Crippen LogP contribution >= 0.6 is 0 Å². The van der Waals surface area contributed by atoms with E-state index in [1.165, 1.54) is 7.11 Å². The van der Waals surface area contributed by atoms with Gasteiger partial charge in [0.2, 0.25) is 0 Å². The zero-order valence-corrected chi connectivity index (χ0v) is 17.8. The van der Waals surface area contributed by atoms with Gasteiger partial charge in [0.05, 0.1) is 18.4 Å². The number of aromatic nitrogens is 3. The molecule has 30 heavy (non-hydrogen) atoms. The van der Waals surface area contributed by atoms with Gasteiger partial charge < -0.3 is 10.1 Å². The summed E-state index contributed by atoms with van der Waals surface area (Å²) in [5.41, 5.74) is 7.97. The molecule has 0 fully saturated rings. The maximum absolute atomic E-state index is 12.4. The highest BCUT2D eigenvalue weighted by molar-refractivity contribution is 5.92. The maximum atomic E-state index is 12.4. The summed E-state index contributed by atoms with van der Waals surface area (Å²) < 4.78 is 6.71. The lowest BCUT2D eigenvalue weighted by Crippen LogP contribution is -2.10. The van der Waals surface area contributed by atoms with E-state index in [2.05, 4.69) is 36.3 Å². The minimum atomic E-state index is -0.489. The summed E-state index contributed by atoms with van der Waals surface area (Å²) in [6.07, 6.45) is 0. The summed E-state index contributed by atoms with van der Waals surface area (Å²) in [6.45, 7) is 8.13. The number of nitrogens with one attached hydrogen (secondary N) is 1. The first kappa shape index (κ1) is 19.6. The molecule has 1 N–H and O–H groups in total. The molecule has 6 heteroatoms. The van der Waals surface area contributed by atoms with Crippen molar-refractivity contribution in [2.75, 3.05) is 12.4 Å². The van der Waals surface area contributed by atoms with E-state index in [0.29, 0.717) is 11.5 Å². The Morgan fingerprint density at radius 3 is 2.27 bits per heavy atom. The molecule has 0 aliphatic rings. The van der Waals surface area contributed by atoms with Crippen molar-refractivity contribution in [3.63, 3.8) is 0 Å². The summed E-state index contributed by atoms with van der Waals surface area (Å²) in [5, 5.41) is 8.17. The lowest BCUT2D eigenvalue weighted by Gasteiger charge is -2.13. The molecule has 0 amide bonds. The molecule has 0 aliphatic carbocycles. The fourth-order valence-electron chi connectivity index (χ4n) is 3.77. The fourth-order valence-corrected chi connectivity index (χ4v) is 3.77. The predicted octanol–water partition coefficient (Wildman–Crippen LogP) is 5.16. The van der Waals surface area contributed by atoms with Crippen LogP contribution in [0.1, 0.15) is 32.9 Å². The number of rotatable bonds is 4. The first-order chi connectivity index (χ1) is 14.4. The number of hydrogen-bond acceptors (Lipinski definition) is 5. The maximum Gasteiger partial charge on any atom is 0.356 e. The number of nitrogens with zero attached hydrogens (tertiary/aromatic N) is 3. The summed E-state index contributed by atoms with van der Waals surface area (Å²) in [5.74, 6) is 0.159. The van der Waals surface area contributed by atoms with Crippen LogP contribution in [0.2, 0.25) is 0 Å². The highest BCUT2D eigenvalue weighted by atomic mass is 16.5. The Kier molecular flexibility index (Phi) is 4.99. The molecule has 0 atom stereocenters.